The van der Waals surface area contributed by atoms with Crippen molar-refractivity contribution in [2.75, 3.05) is 7.05 Å². The highest BCUT2D eigenvalue weighted by molar-refractivity contribution is 8.08. The summed E-state index contributed by atoms with van der Waals surface area (Å²) >= 11 is 1.65. The summed E-state index contributed by atoms with van der Waals surface area (Å²) in [5.74, 6) is 0.143. The first kappa shape index (κ1) is 20.8. The van der Waals surface area contributed by atoms with E-state index in [9.17, 15) is 0 Å². The molecule has 6 heteroatoms. The quantitative estimate of drug-likeness (QED) is 0.682. The number of amidine groups is 1. The number of aliphatic imine (C=N–C) groups is 1. The van der Waals surface area contributed by atoms with Gasteiger partial charge in [-0.2, -0.15) is 0 Å². The molecule has 0 amide bonds. The van der Waals surface area contributed by atoms with Crippen molar-refractivity contribution in [2.24, 2.45) is 16.5 Å². The fraction of sp³-hybridized carbons (Fsp3) is 0.174. The molecule has 0 radical (unpaired) electrons. The summed E-state index contributed by atoms with van der Waals surface area (Å²) in [6.07, 6.45) is 5.45. The van der Waals surface area contributed by atoms with E-state index in [-0.39, 0.29) is 0 Å². The molecule has 29 heavy (non-hydrogen) atoms. The monoisotopic (exact) mass is 405 g/mol. The van der Waals surface area contributed by atoms with Crippen molar-refractivity contribution in [3.63, 3.8) is 0 Å². The fourth-order valence-corrected chi connectivity index (χ4v) is 4.01. The average Bonchev–Trinajstić information content (AvgIpc) is 2.67. The molecule has 150 valence electrons. The van der Waals surface area contributed by atoms with Crippen LogP contribution in [0.15, 0.2) is 82.5 Å². The van der Waals surface area contributed by atoms with Gasteiger partial charge in [-0.25, -0.2) is 4.99 Å². The van der Waals surface area contributed by atoms with Crippen LogP contribution < -0.4 is 27.2 Å². The largest absolute Gasteiger partial charge is 0.405 e. The van der Waals surface area contributed by atoms with Crippen molar-refractivity contribution in [2.45, 2.75) is 24.5 Å². The van der Waals surface area contributed by atoms with Crippen molar-refractivity contribution in [1.82, 2.24) is 10.2 Å². The summed E-state index contributed by atoms with van der Waals surface area (Å²) in [7, 11) is 1.93. The smallest absolute Gasteiger partial charge is 0.161 e. The minimum atomic E-state index is -0.673. The Morgan fingerprint density at radius 2 is 1.90 bits per heavy atom. The zero-order valence-corrected chi connectivity index (χ0v) is 17.8. The molecule has 0 saturated carbocycles. The zero-order chi connectivity index (χ0) is 21.0. The third-order valence-electron chi connectivity index (χ3n) is 4.67. The van der Waals surface area contributed by atoms with Crippen molar-refractivity contribution in [1.29, 1.82) is 0 Å². The topological polar surface area (TPSA) is 79.7 Å². The van der Waals surface area contributed by atoms with Gasteiger partial charge in [0.05, 0.1) is 5.69 Å². The minimum absolute atomic E-state index is 0.673. The van der Waals surface area contributed by atoms with Gasteiger partial charge in [-0.15, -0.1) is 0 Å². The van der Waals surface area contributed by atoms with E-state index < -0.39 is 5.79 Å². The lowest BCUT2D eigenvalue weighted by atomic mass is 10.2. The Balaban J connectivity index is 1.89. The highest BCUT2D eigenvalue weighted by atomic mass is 32.2. The van der Waals surface area contributed by atoms with Crippen LogP contribution in [0.4, 0.5) is 5.69 Å². The molecule has 1 heterocycles. The number of nitrogens with one attached hydrogen (secondary N) is 1. The molecule has 1 unspecified atom stereocenters. The molecule has 5 nitrogen and oxygen atoms in total. The first-order valence-corrected chi connectivity index (χ1v) is 10.1. The van der Waals surface area contributed by atoms with Crippen LogP contribution in [0.2, 0.25) is 0 Å². The summed E-state index contributed by atoms with van der Waals surface area (Å²) < 4.78 is 0. The van der Waals surface area contributed by atoms with E-state index in [2.05, 4.69) is 30.1 Å². The van der Waals surface area contributed by atoms with Gasteiger partial charge in [-0.3, -0.25) is 5.73 Å². The molecular formula is C23H27N5S. The Kier molecular flexibility index (Phi) is 6.15. The second-order valence-corrected chi connectivity index (χ2v) is 8.22. The van der Waals surface area contributed by atoms with Crippen molar-refractivity contribution < 1.29 is 0 Å². The van der Waals surface area contributed by atoms with Crippen molar-refractivity contribution in [3.05, 3.63) is 83.0 Å². The van der Waals surface area contributed by atoms with Gasteiger partial charge >= 0.3 is 0 Å². The van der Waals surface area contributed by atoms with E-state index in [1.54, 1.807) is 18.0 Å². The molecule has 2 aromatic carbocycles. The summed E-state index contributed by atoms with van der Waals surface area (Å²) in [6, 6.07) is 16.1. The SMILES string of the molecule is C=c1cccc/c1=C(/C=C\N)Sc1ccc(N=C2C=C(C)NC(C)(N)N2C)cc1. The molecule has 0 saturated heterocycles. The second kappa shape index (κ2) is 8.59. The predicted molar refractivity (Wildman–Crippen MR) is 125 cm³/mol. The highest BCUT2D eigenvalue weighted by Gasteiger charge is 2.29. The molecule has 1 atom stereocenters. The summed E-state index contributed by atoms with van der Waals surface area (Å²) in [5, 5.41) is 5.28. The summed E-state index contributed by atoms with van der Waals surface area (Å²) in [5.41, 5.74) is 13.8. The van der Waals surface area contributed by atoms with Crippen molar-refractivity contribution >= 4 is 34.8 Å². The van der Waals surface area contributed by atoms with Gasteiger partial charge in [0.25, 0.3) is 0 Å². The van der Waals surface area contributed by atoms with Crippen LogP contribution in [-0.4, -0.2) is 23.6 Å². The first-order chi connectivity index (χ1) is 13.8. The van der Waals surface area contributed by atoms with Crippen LogP contribution in [0, 0.1) is 0 Å². The number of benzene rings is 2. The minimum Gasteiger partial charge on any atom is -0.405 e. The Hall–Kier alpha value is -2.96. The second-order valence-electron chi connectivity index (χ2n) is 7.11. The maximum atomic E-state index is 6.30. The maximum Gasteiger partial charge on any atom is 0.161 e. The van der Waals surface area contributed by atoms with Gasteiger partial charge < -0.3 is 16.0 Å². The third kappa shape index (κ3) is 4.91. The number of hydrogen-bond acceptors (Lipinski definition) is 5. The van der Waals surface area contributed by atoms with Crippen LogP contribution in [-0.2, 0) is 0 Å². The van der Waals surface area contributed by atoms with Crippen LogP contribution in [0.5, 0.6) is 0 Å². The Labute approximate surface area is 176 Å². The first-order valence-electron chi connectivity index (χ1n) is 9.32. The van der Waals surface area contributed by atoms with Gasteiger partial charge in [0.2, 0.25) is 0 Å². The van der Waals surface area contributed by atoms with Crippen LogP contribution in [0.25, 0.3) is 11.5 Å². The lowest BCUT2D eigenvalue weighted by Crippen LogP contribution is -2.65. The van der Waals surface area contributed by atoms with E-state index in [4.69, 9.17) is 16.5 Å². The number of nitrogens with zero attached hydrogens (tertiary/aromatic N) is 2. The van der Waals surface area contributed by atoms with Gasteiger partial charge in [0.15, 0.2) is 5.79 Å². The van der Waals surface area contributed by atoms with E-state index in [1.807, 2.05) is 68.3 Å². The average molecular weight is 406 g/mol. The Bertz CT molecular complexity index is 1080. The van der Waals surface area contributed by atoms with Crippen molar-refractivity contribution in [3.8, 4) is 0 Å². The number of rotatable bonds is 4. The summed E-state index contributed by atoms with van der Waals surface area (Å²) in [4.78, 5) is 8.83. The van der Waals surface area contributed by atoms with Crippen LogP contribution in [0.3, 0.4) is 0 Å². The fourth-order valence-electron chi connectivity index (χ4n) is 3.03. The molecule has 0 aliphatic carbocycles. The predicted octanol–water partition coefficient (Wildman–Crippen LogP) is 2.57. The molecule has 0 spiro atoms. The summed E-state index contributed by atoms with van der Waals surface area (Å²) in [6.45, 7) is 8.02. The van der Waals surface area contributed by atoms with Crippen LogP contribution in [0.1, 0.15) is 13.8 Å². The molecule has 5 N–H and O–H groups in total. The lowest BCUT2D eigenvalue weighted by Gasteiger charge is -2.41. The molecule has 0 aromatic heterocycles. The van der Waals surface area contributed by atoms with Gasteiger partial charge in [-0.05, 0) is 66.9 Å². The maximum absolute atomic E-state index is 6.30. The standard InChI is InChI=1S/C23H27N5S/c1-16-7-5-6-8-20(16)21(13-14-24)29-19-11-9-18(10-12-19)26-22-15-17(2)27-23(3,25)28(22)4/h5-15,27H,1,24-25H2,2-4H3/b14-13-,21-20+,26-22?. The normalized spacial score (nSPS) is 21.9. The number of hydrogen-bond donors (Lipinski definition) is 3. The molecule has 0 fully saturated rings. The lowest BCUT2D eigenvalue weighted by molar-refractivity contribution is 0.194. The molecule has 1 aliphatic heterocycles. The molecule has 0 bridgehead atoms. The Morgan fingerprint density at radius 3 is 2.55 bits per heavy atom. The molecular weight excluding hydrogens is 378 g/mol. The number of allylic oxidation sites excluding steroid dienone is 1. The van der Waals surface area contributed by atoms with Gasteiger partial charge in [0, 0.05) is 22.5 Å². The van der Waals surface area contributed by atoms with E-state index in [0.29, 0.717) is 0 Å². The molecule has 1 aliphatic rings. The Morgan fingerprint density at radius 1 is 1.21 bits per heavy atom. The van der Waals surface area contributed by atoms with E-state index in [1.165, 1.54) is 0 Å². The van der Waals surface area contributed by atoms with E-state index >= 15 is 0 Å². The van der Waals surface area contributed by atoms with E-state index in [0.717, 1.165) is 37.5 Å². The zero-order valence-electron chi connectivity index (χ0n) is 17.0. The molecule has 2 aromatic rings. The highest BCUT2D eigenvalue weighted by Crippen LogP contribution is 2.29. The number of thioether (sulfide) groups is 1. The number of likely N-dealkylation sites (N-methyl/N-ethyl adjacent to an activating group) is 1. The van der Waals surface area contributed by atoms with Gasteiger partial charge in [-0.1, -0.05) is 42.6 Å². The molecule has 3 rings (SSSR count). The number of nitrogens with two attached hydrogens (primary N) is 2. The van der Waals surface area contributed by atoms with Gasteiger partial charge in [0.1, 0.15) is 5.84 Å². The third-order valence-corrected chi connectivity index (χ3v) is 5.76. The van der Waals surface area contributed by atoms with Crippen LogP contribution >= 0.6 is 11.8 Å².